The summed E-state index contributed by atoms with van der Waals surface area (Å²) in [6.45, 7) is 0.887. The van der Waals surface area contributed by atoms with Gasteiger partial charge >= 0.3 is 6.18 Å². The molecular weight excluding hydrogens is 207 g/mol. The van der Waals surface area contributed by atoms with E-state index in [-0.39, 0.29) is 5.92 Å². The fourth-order valence-electron chi connectivity index (χ4n) is 1.96. The van der Waals surface area contributed by atoms with Gasteiger partial charge in [0.1, 0.15) is 0 Å². The summed E-state index contributed by atoms with van der Waals surface area (Å²) in [5, 5.41) is 0. The first-order chi connectivity index (χ1) is 7.02. The Hall–Kier alpha value is -1.04. The van der Waals surface area contributed by atoms with Gasteiger partial charge in [0.15, 0.2) is 0 Å². The van der Waals surface area contributed by atoms with E-state index in [0.29, 0.717) is 31.6 Å². The number of fused-ring (bicyclic) bond motifs is 1. The molecule has 0 bridgehead atoms. The zero-order valence-corrected chi connectivity index (χ0v) is 8.09. The van der Waals surface area contributed by atoms with Crippen LogP contribution in [0.3, 0.4) is 0 Å². The summed E-state index contributed by atoms with van der Waals surface area (Å²) in [6, 6.07) is 0. The van der Waals surface area contributed by atoms with Gasteiger partial charge in [0.2, 0.25) is 5.82 Å². The van der Waals surface area contributed by atoms with Crippen LogP contribution in [-0.4, -0.2) is 16.1 Å². The van der Waals surface area contributed by atoms with Crippen LogP contribution in [0.2, 0.25) is 0 Å². The summed E-state index contributed by atoms with van der Waals surface area (Å²) in [6.07, 6.45) is -1.75. The summed E-state index contributed by atoms with van der Waals surface area (Å²) in [5.74, 6) is -0.497. The van der Waals surface area contributed by atoms with E-state index in [1.807, 2.05) is 0 Å². The van der Waals surface area contributed by atoms with Crippen molar-refractivity contribution in [1.29, 1.82) is 0 Å². The minimum absolute atomic E-state index is 0.287. The van der Waals surface area contributed by atoms with Crippen LogP contribution in [0.4, 0.5) is 13.2 Å². The first-order valence-electron chi connectivity index (χ1n) is 4.84. The third kappa shape index (κ3) is 1.86. The number of hydrogen-bond donors (Lipinski definition) is 1. The standard InChI is InChI=1S/C9H12F3N3/c10-9(11,12)8-14-5-7-3-6(4-13)1-2-15(7)8/h5-6H,1-4,13H2. The zero-order valence-electron chi connectivity index (χ0n) is 8.09. The smallest absolute Gasteiger partial charge is 0.330 e. The second-order valence-electron chi connectivity index (χ2n) is 3.82. The molecule has 1 unspecified atom stereocenters. The van der Waals surface area contributed by atoms with Crippen molar-refractivity contribution in [3.63, 3.8) is 0 Å². The number of hydrogen-bond acceptors (Lipinski definition) is 2. The van der Waals surface area contributed by atoms with E-state index in [9.17, 15) is 13.2 Å². The Kier molecular flexibility index (Phi) is 2.46. The Balaban J connectivity index is 2.30. The molecule has 1 atom stereocenters. The van der Waals surface area contributed by atoms with E-state index in [4.69, 9.17) is 5.73 Å². The minimum Gasteiger partial charge on any atom is -0.330 e. The lowest BCUT2D eigenvalue weighted by Crippen LogP contribution is -2.27. The van der Waals surface area contributed by atoms with E-state index in [2.05, 4.69) is 4.98 Å². The predicted octanol–water partition coefficient (Wildman–Crippen LogP) is 1.42. The maximum Gasteiger partial charge on any atom is 0.449 e. The van der Waals surface area contributed by atoms with Crippen molar-refractivity contribution in [2.75, 3.05) is 6.54 Å². The van der Waals surface area contributed by atoms with Gasteiger partial charge in [0, 0.05) is 18.4 Å². The van der Waals surface area contributed by atoms with Gasteiger partial charge < -0.3 is 10.3 Å². The van der Waals surface area contributed by atoms with E-state index < -0.39 is 12.0 Å². The Morgan fingerprint density at radius 3 is 2.87 bits per heavy atom. The van der Waals surface area contributed by atoms with Gasteiger partial charge in [-0.3, -0.25) is 0 Å². The average molecular weight is 219 g/mol. The number of halogens is 3. The summed E-state index contributed by atoms with van der Waals surface area (Å²) >= 11 is 0. The van der Waals surface area contributed by atoms with Crippen molar-refractivity contribution in [2.45, 2.75) is 25.6 Å². The second kappa shape index (κ2) is 3.52. The molecule has 84 valence electrons. The largest absolute Gasteiger partial charge is 0.449 e. The third-order valence-corrected chi connectivity index (χ3v) is 2.78. The highest BCUT2D eigenvalue weighted by atomic mass is 19.4. The van der Waals surface area contributed by atoms with Crippen LogP contribution < -0.4 is 5.73 Å². The van der Waals surface area contributed by atoms with Crippen LogP contribution in [0.15, 0.2) is 6.20 Å². The number of rotatable bonds is 1. The second-order valence-corrected chi connectivity index (χ2v) is 3.82. The van der Waals surface area contributed by atoms with Crippen molar-refractivity contribution in [1.82, 2.24) is 9.55 Å². The fraction of sp³-hybridized carbons (Fsp3) is 0.667. The lowest BCUT2D eigenvalue weighted by atomic mass is 9.96. The molecule has 2 N–H and O–H groups in total. The topological polar surface area (TPSA) is 43.8 Å². The van der Waals surface area contributed by atoms with Crippen LogP contribution >= 0.6 is 0 Å². The molecule has 6 heteroatoms. The highest BCUT2D eigenvalue weighted by Crippen LogP contribution is 2.31. The molecule has 0 amide bonds. The predicted molar refractivity (Wildman–Crippen MR) is 48.1 cm³/mol. The third-order valence-electron chi connectivity index (χ3n) is 2.78. The molecule has 0 fully saturated rings. The molecule has 0 saturated carbocycles. The van der Waals surface area contributed by atoms with Crippen LogP contribution in [0.1, 0.15) is 17.9 Å². The molecule has 1 aliphatic rings. The van der Waals surface area contributed by atoms with Crippen LogP contribution in [-0.2, 0) is 19.1 Å². The van der Waals surface area contributed by atoms with E-state index in [1.165, 1.54) is 10.8 Å². The Bertz CT molecular complexity index is 356. The molecule has 0 radical (unpaired) electrons. The monoisotopic (exact) mass is 219 g/mol. The lowest BCUT2D eigenvalue weighted by molar-refractivity contribution is -0.147. The number of imidazole rings is 1. The number of nitrogens with two attached hydrogens (primary N) is 1. The molecule has 0 aliphatic carbocycles. The Morgan fingerprint density at radius 2 is 2.27 bits per heavy atom. The lowest BCUT2D eigenvalue weighted by Gasteiger charge is -2.24. The molecule has 0 spiro atoms. The quantitative estimate of drug-likeness (QED) is 0.776. The van der Waals surface area contributed by atoms with Crippen molar-refractivity contribution < 1.29 is 13.2 Å². The molecule has 1 aromatic rings. The Labute approximate surface area is 85.1 Å². The van der Waals surface area contributed by atoms with E-state index in [0.717, 1.165) is 0 Å². The number of nitrogens with zero attached hydrogens (tertiary/aromatic N) is 2. The van der Waals surface area contributed by atoms with Crippen LogP contribution in [0.5, 0.6) is 0 Å². The van der Waals surface area contributed by atoms with E-state index in [1.54, 1.807) is 0 Å². The van der Waals surface area contributed by atoms with Gasteiger partial charge in [-0.2, -0.15) is 13.2 Å². The van der Waals surface area contributed by atoms with Crippen molar-refractivity contribution in [2.24, 2.45) is 11.7 Å². The molecule has 0 saturated heterocycles. The maximum atomic E-state index is 12.5. The maximum absolute atomic E-state index is 12.5. The highest BCUT2D eigenvalue weighted by molar-refractivity contribution is 5.11. The summed E-state index contributed by atoms with van der Waals surface area (Å²) < 4.78 is 38.7. The van der Waals surface area contributed by atoms with Gasteiger partial charge in [0.25, 0.3) is 0 Å². The summed E-state index contributed by atoms with van der Waals surface area (Å²) in [4.78, 5) is 3.43. The molecule has 2 rings (SSSR count). The SMILES string of the molecule is NCC1CCn2c(cnc2C(F)(F)F)C1. The molecule has 3 nitrogen and oxygen atoms in total. The first-order valence-corrected chi connectivity index (χ1v) is 4.84. The van der Waals surface area contributed by atoms with Crippen molar-refractivity contribution >= 4 is 0 Å². The first kappa shape index (κ1) is 10.5. The summed E-state index contributed by atoms with van der Waals surface area (Å²) in [5.41, 5.74) is 6.14. The molecule has 2 heterocycles. The fourth-order valence-corrected chi connectivity index (χ4v) is 1.96. The van der Waals surface area contributed by atoms with Gasteiger partial charge in [-0.1, -0.05) is 0 Å². The molecular formula is C9H12F3N3. The molecule has 1 aromatic heterocycles. The van der Waals surface area contributed by atoms with Crippen LogP contribution in [0, 0.1) is 5.92 Å². The molecule has 15 heavy (non-hydrogen) atoms. The van der Waals surface area contributed by atoms with Gasteiger partial charge in [-0.15, -0.1) is 0 Å². The number of aromatic nitrogens is 2. The normalized spacial score (nSPS) is 21.5. The average Bonchev–Trinajstić information content (AvgIpc) is 2.59. The van der Waals surface area contributed by atoms with Gasteiger partial charge in [0.05, 0.1) is 0 Å². The highest BCUT2D eigenvalue weighted by Gasteiger charge is 2.38. The van der Waals surface area contributed by atoms with Crippen molar-refractivity contribution in [3.05, 3.63) is 17.7 Å². The zero-order chi connectivity index (χ0) is 11.1. The summed E-state index contributed by atoms with van der Waals surface area (Å²) in [7, 11) is 0. The Morgan fingerprint density at radius 1 is 1.53 bits per heavy atom. The minimum atomic E-state index is -4.35. The number of alkyl halides is 3. The van der Waals surface area contributed by atoms with Crippen molar-refractivity contribution in [3.8, 4) is 0 Å². The van der Waals surface area contributed by atoms with Gasteiger partial charge in [-0.05, 0) is 25.3 Å². The molecule has 0 aromatic carbocycles. The van der Waals surface area contributed by atoms with Gasteiger partial charge in [-0.25, -0.2) is 4.98 Å². The molecule has 1 aliphatic heterocycles. The van der Waals surface area contributed by atoms with Crippen LogP contribution in [0.25, 0.3) is 0 Å². The van der Waals surface area contributed by atoms with E-state index >= 15 is 0 Å².